The molecule has 10 heteroatoms. The number of hydrogen-bond donors (Lipinski definition) is 1. The maximum Gasteiger partial charge on any atom is 0.340 e. The Labute approximate surface area is 158 Å². The van der Waals surface area contributed by atoms with Gasteiger partial charge in [-0.25, -0.2) is 13.2 Å². The number of nitrogens with zero attached hydrogens (tertiary/aromatic N) is 2. The van der Waals surface area contributed by atoms with E-state index in [1.165, 1.54) is 11.1 Å². The lowest BCUT2D eigenvalue weighted by molar-refractivity contribution is -0.138. The molecule has 0 aromatic carbocycles. The van der Waals surface area contributed by atoms with Gasteiger partial charge in [-0.1, -0.05) is 0 Å². The lowest BCUT2D eigenvalue weighted by atomic mass is 10.2. The van der Waals surface area contributed by atoms with Crippen LogP contribution in [-0.4, -0.2) is 73.3 Å². The van der Waals surface area contributed by atoms with E-state index < -0.39 is 40.3 Å². The van der Waals surface area contributed by atoms with Gasteiger partial charge in [0.15, 0.2) is 16.4 Å². The van der Waals surface area contributed by atoms with E-state index in [1.807, 2.05) is 0 Å². The summed E-state index contributed by atoms with van der Waals surface area (Å²) < 4.78 is 27.8. The van der Waals surface area contributed by atoms with E-state index in [9.17, 15) is 22.8 Å². The summed E-state index contributed by atoms with van der Waals surface area (Å²) in [4.78, 5) is 41.4. The number of sulfone groups is 1. The van der Waals surface area contributed by atoms with E-state index in [0.717, 1.165) is 5.69 Å². The molecule has 1 aliphatic heterocycles. The third-order valence-electron chi connectivity index (χ3n) is 4.14. The Morgan fingerprint density at radius 1 is 1.33 bits per heavy atom. The van der Waals surface area contributed by atoms with Gasteiger partial charge in [-0.05, 0) is 32.4 Å². The molecule has 27 heavy (non-hydrogen) atoms. The Kier molecular flexibility index (Phi) is 6.89. The summed E-state index contributed by atoms with van der Waals surface area (Å²) in [5, 5.41) is 2.62. The molecule has 1 N–H and O–H groups in total. The maximum atomic E-state index is 12.2. The topological polar surface area (TPSA) is 123 Å². The lowest BCUT2D eigenvalue weighted by Gasteiger charge is -2.21. The Bertz CT molecular complexity index is 806. The van der Waals surface area contributed by atoms with Crippen molar-refractivity contribution in [1.29, 1.82) is 0 Å². The van der Waals surface area contributed by atoms with Crippen LogP contribution >= 0.6 is 0 Å². The van der Waals surface area contributed by atoms with E-state index in [4.69, 9.17) is 4.74 Å². The molecule has 2 amide bonds. The third-order valence-corrected chi connectivity index (χ3v) is 5.91. The van der Waals surface area contributed by atoms with Crippen LogP contribution in [0.5, 0.6) is 0 Å². The van der Waals surface area contributed by atoms with Gasteiger partial charge < -0.3 is 15.0 Å². The molecule has 0 unspecified atom stereocenters. The van der Waals surface area contributed by atoms with Crippen molar-refractivity contribution in [2.75, 3.05) is 31.2 Å². The predicted molar refractivity (Wildman–Crippen MR) is 96.7 cm³/mol. The number of amides is 2. The van der Waals surface area contributed by atoms with Gasteiger partial charge in [-0.15, -0.1) is 0 Å². The molecule has 0 saturated carbocycles. The average Bonchev–Trinajstić information content (AvgIpc) is 2.96. The fraction of sp³-hybridized carbons (Fsp3) is 0.529. The van der Waals surface area contributed by atoms with Crippen molar-refractivity contribution in [2.24, 2.45) is 0 Å². The van der Waals surface area contributed by atoms with Crippen LogP contribution < -0.4 is 5.32 Å². The zero-order valence-corrected chi connectivity index (χ0v) is 16.1. The van der Waals surface area contributed by atoms with Crippen molar-refractivity contribution in [3.8, 4) is 0 Å². The minimum absolute atomic E-state index is 0.0538. The normalized spacial score (nSPS) is 17.9. The monoisotopic (exact) mass is 397 g/mol. The van der Waals surface area contributed by atoms with Crippen LogP contribution in [0.15, 0.2) is 18.3 Å². The number of esters is 1. The molecule has 1 aromatic rings. The van der Waals surface area contributed by atoms with Crippen molar-refractivity contribution < 1.29 is 27.5 Å². The van der Waals surface area contributed by atoms with Crippen LogP contribution in [0.25, 0.3) is 0 Å². The first-order chi connectivity index (χ1) is 12.7. The van der Waals surface area contributed by atoms with Crippen LogP contribution in [0.1, 0.15) is 29.4 Å². The quantitative estimate of drug-likeness (QED) is 0.627. The summed E-state index contributed by atoms with van der Waals surface area (Å²) in [6.07, 6.45) is 1.74. The molecule has 0 spiro atoms. The second-order valence-electron chi connectivity index (χ2n) is 6.34. The van der Waals surface area contributed by atoms with Crippen molar-refractivity contribution in [2.45, 2.75) is 26.3 Å². The third kappa shape index (κ3) is 6.31. The molecule has 1 saturated heterocycles. The second kappa shape index (κ2) is 8.94. The van der Waals surface area contributed by atoms with Crippen molar-refractivity contribution in [1.82, 2.24) is 15.2 Å². The molecule has 1 atom stereocenters. The molecule has 2 rings (SSSR count). The number of nitrogens with one attached hydrogen (secondary N) is 1. The number of rotatable bonds is 7. The number of aromatic nitrogens is 1. The van der Waals surface area contributed by atoms with Gasteiger partial charge in [0, 0.05) is 24.5 Å². The molecule has 0 bridgehead atoms. The zero-order chi connectivity index (χ0) is 20.0. The molecule has 1 aliphatic rings. The van der Waals surface area contributed by atoms with Crippen molar-refractivity contribution in [3.63, 3.8) is 0 Å². The van der Waals surface area contributed by atoms with Crippen molar-refractivity contribution in [3.05, 3.63) is 29.6 Å². The van der Waals surface area contributed by atoms with E-state index >= 15 is 0 Å². The smallest absolute Gasteiger partial charge is 0.340 e. The first-order valence-corrected chi connectivity index (χ1v) is 10.4. The highest BCUT2D eigenvalue weighted by Gasteiger charge is 2.29. The molecule has 148 valence electrons. The lowest BCUT2D eigenvalue weighted by Crippen LogP contribution is -2.45. The molecular formula is C17H23N3O6S. The first kappa shape index (κ1) is 20.8. The zero-order valence-electron chi connectivity index (χ0n) is 15.3. The summed E-state index contributed by atoms with van der Waals surface area (Å²) in [5.74, 6) is -1.66. The molecular weight excluding hydrogens is 374 g/mol. The van der Waals surface area contributed by atoms with Gasteiger partial charge in [0.1, 0.15) is 0 Å². The second-order valence-corrected chi connectivity index (χ2v) is 8.57. The number of carbonyl (C=O) groups excluding carboxylic acids is 3. The summed E-state index contributed by atoms with van der Waals surface area (Å²) in [6, 6.07) is 2.78. The van der Waals surface area contributed by atoms with Crippen LogP contribution in [0.3, 0.4) is 0 Å². The molecule has 9 nitrogen and oxygen atoms in total. The molecule has 2 heterocycles. The fourth-order valence-electron chi connectivity index (χ4n) is 2.62. The SMILES string of the molecule is CCN(CC(=O)N[C@@H]1CCS(=O)(=O)C1)C(=O)COC(=O)c1ccc(C)nc1. The highest BCUT2D eigenvalue weighted by molar-refractivity contribution is 7.91. The number of aryl methyl sites for hydroxylation is 1. The van der Waals surface area contributed by atoms with Gasteiger partial charge in [-0.3, -0.25) is 14.6 Å². The highest BCUT2D eigenvalue weighted by Crippen LogP contribution is 2.11. The van der Waals surface area contributed by atoms with E-state index in [-0.39, 0.29) is 30.2 Å². The standard InChI is InChI=1S/C17H23N3O6S/c1-3-20(9-15(21)19-14-6-7-27(24,25)11-14)16(22)10-26-17(23)13-5-4-12(2)18-8-13/h4-5,8,14H,3,6-7,9-11H2,1-2H3,(H,19,21)/t14-/m1/s1. The summed E-state index contributed by atoms with van der Waals surface area (Å²) in [5.41, 5.74) is 0.984. The Hall–Kier alpha value is -2.49. The van der Waals surface area contributed by atoms with Gasteiger partial charge >= 0.3 is 5.97 Å². The van der Waals surface area contributed by atoms with E-state index in [0.29, 0.717) is 6.42 Å². The van der Waals surface area contributed by atoms with Crippen LogP contribution in [0.2, 0.25) is 0 Å². The van der Waals surface area contributed by atoms with E-state index in [2.05, 4.69) is 10.3 Å². The summed E-state index contributed by atoms with van der Waals surface area (Å²) in [7, 11) is -3.10. The maximum absolute atomic E-state index is 12.2. The molecule has 0 radical (unpaired) electrons. The van der Waals surface area contributed by atoms with Gasteiger partial charge in [0.05, 0.1) is 23.6 Å². The average molecular weight is 397 g/mol. The Balaban J connectivity index is 1.81. The predicted octanol–water partition coefficient (Wildman–Crippen LogP) is -0.301. The summed E-state index contributed by atoms with van der Waals surface area (Å²) >= 11 is 0. The Morgan fingerprint density at radius 3 is 2.63 bits per heavy atom. The van der Waals surface area contributed by atoms with Crippen LogP contribution in [0.4, 0.5) is 0 Å². The number of ether oxygens (including phenoxy) is 1. The van der Waals surface area contributed by atoms with Gasteiger partial charge in [-0.2, -0.15) is 0 Å². The largest absolute Gasteiger partial charge is 0.452 e. The minimum atomic E-state index is -3.10. The molecule has 1 fully saturated rings. The number of likely N-dealkylation sites (N-methyl/N-ethyl adjacent to an activating group) is 1. The number of hydrogen-bond acceptors (Lipinski definition) is 7. The van der Waals surface area contributed by atoms with Crippen LogP contribution in [0, 0.1) is 6.92 Å². The highest BCUT2D eigenvalue weighted by atomic mass is 32.2. The first-order valence-electron chi connectivity index (χ1n) is 8.57. The Morgan fingerprint density at radius 2 is 2.07 bits per heavy atom. The van der Waals surface area contributed by atoms with Crippen molar-refractivity contribution >= 4 is 27.6 Å². The number of carbonyl (C=O) groups is 3. The fourth-order valence-corrected chi connectivity index (χ4v) is 4.30. The molecule has 1 aromatic heterocycles. The van der Waals surface area contributed by atoms with Crippen LogP contribution in [-0.2, 0) is 24.2 Å². The van der Waals surface area contributed by atoms with Gasteiger partial charge in [0.2, 0.25) is 5.91 Å². The number of pyridine rings is 1. The summed E-state index contributed by atoms with van der Waals surface area (Å²) in [6.45, 7) is 3.00. The minimum Gasteiger partial charge on any atom is -0.452 e. The molecule has 0 aliphatic carbocycles. The van der Waals surface area contributed by atoms with E-state index in [1.54, 1.807) is 26.0 Å². The van der Waals surface area contributed by atoms with Gasteiger partial charge in [0.25, 0.3) is 5.91 Å².